The van der Waals surface area contributed by atoms with E-state index >= 15 is 0 Å². The van der Waals surface area contributed by atoms with Crippen LogP contribution in [0.3, 0.4) is 0 Å². The van der Waals surface area contributed by atoms with Gasteiger partial charge in [0, 0.05) is 16.3 Å². The zero-order valence-corrected chi connectivity index (χ0v) is 13.6. The quantitative estimate of drug-likeness (QED) is 0.871. The Bertz CT molecular complexity index is 531. The van der Waals surface area contributed by atoms with Crippen LogP contribution >= 0.6 is 23.2 Å². The third-order valence-electron chi connectivity index (χ3n) is 3.06. The smallest absolute Gasteiger partial charge is 0.151 e. The van der Waals surface area contributed by atoms with Crippen molar-refractivity contribution in [2.75, 3.05) is 12.8 Å². The molecule has 0 aliphatic carbocycles. The maximum atomic E-state index is 11.8. The summed E-state index contributed by atoms with van der Waals surface area (Å²) in [5.74, 6) is 0. The van der Waals surface area contributed by atoms with Crippen molar-refractivity contribution in [3.8, 4) is 0 Å². The molecule has 108 valence electrons. The van der Waals surface area contributed by atoms with Gasteiger partial charge in [0.1, 0.15) is 0 Å². The van der Waals surface area contributed by atoms with Crippen molar-refractivity contribution in [2.45, 2.75) is 31.6 Å². The van der Waals surface area contributed by atoms with Gasteiger partial charge in [0.2, 0.25) is 0 Å². The maximum absolute atomic E-state index is 11.8. The Morgan fingerprint density at radius 3 is 2.42 bits per heavy atom. The zero-order valence-electron chi connectivity index (χ0n) is 11.3. The van der Waals surface area contributed by atoms with E-state index in [2.05, 4.69) is 5.32 Å². The number of nitrogens with one attached hydrogen (secondary N) is 1. The monoisotopic (exact) mass is 323 g/mol. The molecular formula is C13H19Cl2NO2S. The Kier molecular flexibility index (Phi) is 6.12. The van der Waals surface area contributed by atoms with Gasteiger partial charge in [-0.25, -0.2) is 8.42 Å². The largest absolute Gasteiger partial charge is 0.309 e. The number of hydrogen-bond acceptors (Lipinski definition) is 3. The Morgan fingerprint density at radius 2 is 1.95 bits per heavy atom. The third-order valence-corrected chi connectivity index (χ3v) is 5.24. The average molecular weight is 324 g/mol. The highest BCUT2D eigenvalue weighted by Gasteiger charge is 2.28. The molecule has 0 saturated heterocycles. The summed E-state index contributed by atoms with van der Waals surface area (Å²) in [5.41, 5.74) is 0.762. The standard InChI is InChI=1S/C13H19Cl2NO2S/c1-4-7-16-13(9(2)19(3,17)18)11-6-5-10(14)8-12(11)15/h5-6,8-9,13,16H,4,7H2,1-3H3. The molecule has 1 aromatic carbocycles. The van der Waals surface area contributed by atoms with Crippen molar-refractivity contribution in [3.05, 3.63) is 33.8 Å². The summed E-state index contributed by atoms with van der Waals surface area (Å²) in [4.78, 5) is 0. The molecule has 1 rings (SSSR count). The lowest BCUT2D eigenvalue weighted by Gasteiger charge is -2.25. The van der Waals surface area contributed by atoms with Crippen molar-refractivity contribution in [1.29, 1.82) is 0 Å². The molecule has 6 heteroatoms. The maximum Gasteiger partial charge on any atom is 0.151 e. The first-order chi connectivity index (χ1) is 8.77. The van der Waals surface area contributed by atoms with Gasteiger partial charge in [0.25, 0.3) is 0 Å². The minimum Gasteiger partial charge on any atom is -0.309 e. The number of sulfone groups is 1. The van der Waals surface area contributed by atoms with Gasteiger partial charge < -0.3 is 5.32 Å². The molecule has 1 aromatic rings. The first kappa shape index (κ1) is 16.8. The van der Waals surface area contributed by atoms with Gasteiger partial charge in [-0.2, -0.15) is 0 Å². The van der Waals surface area contributed by atoms with E-state index in [0.29, 0.717) is 10.0 Å². The predicted molar refractivity (Wildman–Crippen MR) is 81.8 cm³/mol. The minimum absolute atomic E-state index is 0.334. The predicted octanol–water partition coefficient (Wildman–Crippen LogP) is 3.47. The SMILES string of the molecule is CCCNC(c1ccc(Cl)cc1Cl)C(C)S(C)(=O)=O. The molecule has 3 nitrogen and oxygen atoms in total. The van der Waals surface area contributed by atoms with Crippen LogP contribution in [0.15, 0.2) is 18.2 Å². The Balaban J connectivity index is 3.16. The van der Waals surface area contributed by atoms with E-state index in [9.17, 15) is 8.42 Å². The molecule has 0 spiro atoms. The molecule has 19 heavy (non-hydrogen) atoms. The Labute approximate surface area is 125 Å². The summed E-state index contributed by atoms with van der Waals surface area (Å²) in [6, 6.07) is 4.80. The molecule has 0 fully saturated rings. The first-order valence-corrected chi connectivity index (χ1v) is 8.85. The van der Waals surface area contributed by atoms with Crippen molar-refractivity contribution in [1.82, 2.24) is 5.32 Å². The highest BCUT2D eigenvalue weighted by Crippen LogP contribution is 2.30. The fourth-order valence-corrected chi connectivity index (χ4v) is 3.09. The van der Waals surface area contributed by atoms with E-state index < -0.39 is 15.1 Å². The molecule has 0 saturated carbocycles. The van der Waals surface area contributed by atoms with Crippen molar-refractivity contribution >= 4 is 33.0 Å². The van der Waals surface area contributed by atoms with Gasteiger partial charge in [-0.15, -0.1) is 0 Å². The van der Waals surface area contributed by atoms with Crippen LogP contribution in [0.4, 0.5) is 0 Å². The van der Waals surface area contributed by atoms with Crippen LogP contribution in [-0.2, 0) is 9.84 Å². The zero-order chi connectivity index (χ0) is 14.6. The number of benzene rings is 1. The topological polar surface area (TPSA) is 46.2 Å². The van der Waals surface area contributed by atoms with Gasteiger partial charge in [0.15, 0.2) is 9.84 Å². The fraction of sp³-hybridized carbons (Fsp3) is 0.538. The Morgan fingerprint density at radius 1 is 1.32 bits per heavy atom. The van der Waals surface area contributed by atoms with Crippen molar-refractivity contribution < 1.29 is 8.42 Å². The van der Waals surface area contributed by atoms with E-state index in [1.165, 1.54) is 6.26 Å². The third kappa shape index (κ3) is 4.63. The summed E-state index contributed by atoms with van der Waals surface area (Å²) in [7, 11) is -3.16. The number of hydrogen-bond donors (Lipinski definition) is 1. The molecule has 0 aliphatic heterocycles. The van der Waals surface area contributed by atoms with Crippen LogP contribution in [0.5, 0.6) is 0 Å². The fourth-order valence-electron chi connectivity index (χ4n) is 1.83. The summed E-state index contributed by atoms with van der Waals surface area (Å²) in [5, 5.41) is 3.71. The van der Waals surface area contributed by atoms with E-state index in [1.54, 1.807) is 25.1 Å². The van der Waals surface area contributed by atoms with Gasteiger partial charge in [-0.05, 0) is 37.6 Å². The first-order valence-electron chi connectivity index (χ1n) is 6.14. The second-order valence-corrected chi connectivity index (χ2v) is 7.88. The molecule has 0 amide bonds. The molecule has 1 N–H and O–H groups in total. The molecule has 2 atom stereocenters. The lowest BCUT2D eigenvalue weighted by molar-refractivity contribution is 0.500. The van der Waals surface area contributed by atoms with Crippen molar-refractivity contribution in [2.24, 2.45) is 0 Å². The molecule has 0 radical (unpaired) electrons. The van der Waals surface area contributed by atoms with Crippen molar-refractivity contribution in [3.63, 3.8) is 0 Å². The minimum atomic E-state index is -3.16. The molecule has 2 unspecified atom stereocenters. The van der Waals surface area contributed by atoms with Gasteiger partial charge >= 0.3 is 0 Å². The second kappa shape index (κ2) is 6.93. The summed E-state index contributed by atoms with van der Waals surface area (Å²) >= 11 is 12.1. The van der Waals surface area contributed by atoms with Gasteiger partial charge in [0.05, 0.1) is 11.3 Å². The molecule has 0 aromatic heterocycles. The number of rotatable bonds is 6. The van der Waals surface area contributed by atoms with Crippen LogP contribution < -0.4 is 5.32 Å². The van der Waals surface area contributed by atoms with Gasteiger partial charge in [-0.3, -0.25) is 0 Å². The number of halogens is 2. The summed E-state index contributed by atoms with van der Waals surface area (Å²) in [6.07, 6.45) is 2.15. The van der Waals surface area contributed by atoms with Gasteiger partial charge in [-0.1, -0.05) is 36.2 Å². The molecule has 0 bridgehead atoms. The molecular weight excluding hydrogens is 305 g/mol. The van der Waals surface area contributed by atoms with E-state index in [0.717, 1.165) is 18.5 Å². The normalized spacial score (nSPS) is 15.2. The average Bonchev–Trinajstić information content (AvgIpc) is 2.30. The van der Waals surface area contributed by atoms with Crippen LogP contribution in [0.1, 0.15) is 31.9 Å². The highest BCUT2D eigenvalue weighted by molar-refractivity contribution is 7.91. The van der Waals surface area contributed by atoms with Crippen LogP contribution in [0, 0.1) is 0 Å². The van der Waals surface area contributed by atoms with Crippen LogP contribution in [0.2, 0.25) is 10.0 Å². The van der Waals surface area contributed by atoms with E-state index in [1.807, 2.05) is 6.92 Å². The lowest BCUT2D eigenvalue weighted by Crippen LogP contribution is -2.35. The van der Waals surface area contributed by atoms with E-state index in [-0.39, 0.29) is 6.04 Å². The summed E-state index contributed by atoms with van der Waals surface area (Å²) in [6.45, 7) is 4.44. The second-order valence-electron chi connectivity index (χ2n) is 4.63. The highest BCUT2D eigenvalue weighted by atomic mass is 35.5. The van der Waals surface area contributed by atoms with E-state index in [4.69, 9.17) is 23.2 Å². The van der Waals surface area contributed by atoms with Crippen LogP contribution in [0.25, 0.3) is 0 Å². The van der Waals surface area contributed by atoms with Crippen LogP contribution in [-0.4, -0.2) is 26.5 Å². The molecule has 0 heterocycles. The Hall–Kier alpha value is -0.290. The lowest BCUT2D eigenvalue weighted by atomic mass is 10.0. The summed E-state index contributed by atoms with van der Waals surface area (Å²) < 4.78 is 23.6. The molecule has 0 aliphatic rings.